The van der Waals surface area contributed by atoms with E-state index in [9.17, 15) is 0 Å². The first-order chi connectivity index (χ1) is 15.6. The fraction of sp³-hybridized carbons (Fsp3) is 0.160. The monoisotopic (exact) mass is 421 g/mol. The van der Waals surface area contributed by atoms with E-state index in [1.54, 1.807) is 12.5 Å². The molecule has 7 heteroatoms. The number of aryl methyl sites for hydroxylation is 3. The Kier molecular flexibility index (Phi) is 5.07. The molecule has 1 aromatic carbocycles. The van der Waals surface area contributed by atoms with Crippen molar-refractivity contribution in [1.29, 1.82) is 0 Å². The van der Waals surface area contributed by atoms with Crippen molar-refractivity contribution in [2.75, 3.05) is 5.32 Å². The highest BCUT2D eigenvalue weighted by Crippen LogP contribution is 2.25. The standard InChI is InChI=1S/C25H23N7/c1-16-10-19(4-5-22(16)20-6-8-26-17(2)11-20)14-28-25-31-30-24-13-23(29-15-32(24)25)21-7-9-27-18(3)12-21/h4-13,15H,14H2,1-3H3,(H,28,31). The summed E-state index contributed by atoms with van der Waals surface area (Å²) in [5, 5.41) is 12.0. The van der Waals surface area contributed by atoms with E-state index in [4.69, 9.17) is 0 Å². The Hall–Kier alpha value is -4.13. The third-order valence-corrected chi connectivity index (χ3v) is 5.44. The smallest absolute Gasteiger partial charge is 0.230 e. The lowest BCUT2D eigenvalue weighted by Gasteiger charge is -2.10. The van der Waals surface area contributed by atoms with Crippen molar-refractivity contribution >= 4 is 11.6 Å². The Morgan fingerprint density at radius 1 is 0.781 bits per heavy atom. The molecule has 0 aliphatic heterocycles. The minimum Gasteiger partial charge on any atom is -0.350 e. The Labute approximate surface area is 186 Å². The zero-order chi connectivity index (χ0) is 22.1. The first kappa shape index (κ1) is 19.8. The predicted octanol–water partition coefficient (Wildman–Crippen LogP) is 4.79. The average molecular weight is 422 g/mol. The van der Waals surface area contributed by atoms with Crippen LogP contribution in [0.1, 0.15) is 22.5 Å². The molecule has 0 saturated carbocycles. The van der Waals surface area contributed by atoms with Crippen molar-refractivity contribution in [2.24, 2.45) is 0 Å². The number of nitrogens with one attached hydrogen (secondary N) is 1. The van der Waals surface area contributed by atoms with E-state index >= 15 is 0 Å². The van der Waals surface area contributed by atoms with Crippen molar-refractivity contribution in [2.45, 2.75) is 27.3 Å². The fourth-order valence-corrected chi connectivity index (χ4v) is 3.83. The molecule has 0 amide bonds. The topological polar surface area (TPSA) is 80.9 Å². The number of nitrogens with zero attached hydrogens (tertiary/aromatic N) is 6. The van der Waals surface area contributed by atoms with E-state index < -0.39 is 0 Å². The van der Waals surface area contributed by atoms with E-state index in [2.05, 4.69) is 61.7 Å². The molecular formula is C25H23N7. The van der Waals surface area contributed by atoms with Gasteiger partial charge in [-0.2, -0.15) is 0 Å². The fourth-order valence-electron chi connectivity index (χ4n) is 3.83. The van der Waals surface area contributed by atoms with Gasteiger partial charge in [0, 0.05) is 42.0 Å². The first-order valence-corrected chi connectivity index (χ1v) is 10.5. The van der Waals surface area contributed by atoms with Crippen LogP contribution in [0.25, 0.3) is 28.0 Å². The van der Waals surface area contributed by atoms with Gasteiger partial charge in [-0.15, -0.1) is 10.2 Å². The van der Waals surface area contributed by atoms with Crippen molar-refractivity contribution in [1.82, 2.24) is 29.5 Å². The van der Waals surface area contributed by atoms with Crippen LogP contribution < -0.4 is 5.32 Å². The van der Waals surface area contributed by atoms with Gasteiger partial charge in [-0.1, -0.05) is 18.2 Å². The van der Waals surface area contributed by atoms with Gasteiger partial charge >= 0.3 is 0 Å². The van der Waals surface area contributed by atoms with Crippen LogP contribution in [0.2, 0.25) is 0 Å². The third-order valence-electron chi connectivity index (χ3n) is 5.44. The van der Waals surface area contributed by atoms with Crippen molar-refractivity contribution in [3.05, 3.63) is 89.8 Å². The van der Waals surface area contributed by atoms with E-state index in [0.29, 0.717) is 12.5 Å². The molecule has 0 aliphatic carbocycles. The summed E-state index contributed by atoms with van der Waals surface area (Å²) in [6.07, 6.45) is 5.39. The molecule has 4 heterocycles. The molecule has 0 unspecified atom stereocenters. The molecular weight excluding hydrogens is 398 g/mol. The van der Waals surface area contributed by atoms with Crippen molar-refractivity contribution in [3.8, 4) is 22.4 Å². The van der Waals surface area contributed by atoms with Gasteiger partial charge in [-0.3, -0.25) is 14.4 Å². The molecule has 7 nitrogen and oxygen atoms in total. The maximum absolute atomic E-state index is 4.58. The third kappa shape index (κ3) is 3.92. The Bertz CT molecular complexity index is 1420. The summed E-state index contributed by atoms with van der Waals surface area (Å²) in [6.45, 7) is 6.75. The molecule has 0 radical (unpaired) electrons. The second kappa shape index (κ2) is 8.19. The summed E-state index contributed by atoms with van der Waals surface area (Å²) in [6, 6.07) is 16.5. The number of hydrogen-bond acceptors (Lipinski definition) is 6. The minimum atomic E-state index is 0.641. The lowest BCUT2D eigenvalue weighted by atomic mass is 9.98. The molecule has 5 rings (SSSR count). The van der Waals surface area contributed by atoms with Gasteiger partial charge in [-0.25, -0.2) is 4.98 Å². The molecule has 0 aliphatic rings. The van der Waals surface area contributed by atoms with Crippen LogP contribution in [-0.4, -0.2) is 29.5 Å². The molecule has 4 aromatic heterocycles. The number of rotatable bonds is 5. The highest BCUT2D eigenvalue weighted by atomic mass is 15.3. The van der Waals surface area contributed by atoms with E-state index in [1.165, 1.54) is 22.3 Å². The minimum absolute atomic E-state index is 0.641. The molecule has 0 spiro atoms. The molecule has 1 N–H and O–H groups in total. The van der Waals surface area contributed by atoms with Crippen LogP contribution in [0.4, 0.5) is 5.95 Å². The second-order valence-corrected chi connectivity index (χ2v) is 7.90. The number of anilines is 1. The summed E-state index contributed by atoms with van der Waals surface area (Å²) in [4.78, 5) is 13.1. The van der Waals surface area contributed by atoms with Gasteiger partial charge in [0.05, 0.1) is 5.69 Å². The van der Waals surface area contributed by atoms with E-state index in [0.717, 1.165) is 28.3 Å². The Morgan fingerprint density at radius 2 is 1.53 bits per heavy atom. The maximum atomic E-state index is 4.58. The number of hydrogen-bond donors (Lipinski definition) is 1. The molecule has 158 valence electrons. The molecule has 32 heavy (non-hydrogen) atoms. The second-order valence-electron chi connectivity index (χ2n) is 7.90. The summed E-state index contributed by atoms with van der Waals surface area (Å²) in [5.74, 6) is 0.663. The van der Waals surface area contributed by atoms with Gasteiger partial charge in [-0.05, 0) is 67.3 Å². The van der Waals surface area contributed by atoms with Crippen LogP contribution in [0.3, 0.4) is 0 Å². The van der Waals surface area contributed by atoms with Crippen molar-refractivity contribution in [3.63, 3.8) is 0 Å². The predicted molar refractivity (Wildman–Crippen MR) is 125 cm³/mol. The zero-order valence-electron chi connectivity index (χ0n) is 18.2. The average Bonchev–Trinajstić information content (AvgIpc) is 3.20. The number of pyridine rings is 2. The highest BCUT2D eigenvalue weighted by molar-refractivity contribution is 5.68. The lowest BCUT2D eigenvalue weighted by molar-refractivity contribution is 1.01. The van der Waals surface area contributed by atoms with Crippen LogP contribution >= 0.6 is 0 Å². The van der Waals surface area contributed by atoms with Crippen LogP contribution in [-0.2, 0) is 6.54 Å². The van der Waals surface area contributed by atoms with Crippen LogP contribution in [0.15, 0.2) is 67.3 Å². The number of benzene rings is 1. The van der Waals surface area contributed by atoms with Crippen LogP contribution in [0, 0.1) is 20.8 Å². The summed E-state index contributed by atoms with van der Waals surface area (Å²) in [7, 11) is 0. The van der Waals surface area contributed by atoms with Gasteiger partial charge < -0.3 is 5.32 Å². The maximum Gasteiger partial charge on any atom is 0.230 e. The molecule has 0 atom stereocenters. The quantitative estimate of drug-likeness (QED) is 0.440. The van der Waals surface area contributed by atoms with Gasteiger partial charge in [0.25, 0.3) is 0 Å². The SMILES string of the molecule is Cc1cc(-c2cc3nnc(NCc4ccc(-c5ccnc(C)c5)c(C)c4)n3cn2)ccn1. The first-order valence-electron chi connectivity index (χ1n) is 10.5. The molecule has 0 bridgehead atoms. The Morgan fingerprint density at radius 3 is 2.28 bits per heavy atom. The molecule has 0 saturated heterocycles. The number of fused-ring (bicyclic) bond motifs is 1. The zero-order valence-corrected chi connectivity index (χ0v) is 18.2. The Balaban J connectivity index is 1.34. The molecule has 0 fully saturated rings. The summed E-state index contributed by atoms with van der Waals surface area (Å²) in [5.41, 5.74) is 9.36. The summed E-state index contributed by atoms with van der Waals surface area (Å²) < 4.78 is 1.86. The van der Waals surface area contributed by atoms with Gasteiger partial charge in [0.1, 0.15) is 6.33 Å². The van der Waals surface area contributed by atoms with Gasteiger partial charge in [0.15, 0.2) is 5.65 Å². The largest absolute Gasteiger partial charge is 0.350 e. The van der Waals surface area contributed by atoms with Crippen molar-refractivity contribution < 1.29 is 0 Å². The molecule has 5 aromatic rings. The van der Waals surface area contributed by atoms with Crippen LogP contribution in [0.5, 0.6) is 0 Å². The number of aromatic nitrogens is 6. The summed E-state index contributed by atoms with van der Waals surface area (Å²) >= 11 is 0. The van der Waals surface area contributed by atoms with E-state index in [-0.39, 0.29) is 0 Å². The lowest BCUT2D eigenvalue weighted by Crippen LogP contribution is -2.04. The van der Waals surface area contributed by atoms with Gasteiger partial charge in [0.2, 0.25) is 5.95 Å². The highest BCUT2D eigenvalue weighted by Gasteiger charge is 2.09. The normalized spacial score (nSPS) is 11.1. The van der Waals surface area contributed by atoms with E-state index in [1.807, 2.05) is 48.7 Å².